The fourth-order valence-electron chi connectivity index (χ4n) is 3.18. The zero-order valence-corrected chi connectivity index (χ0v) is 14.4. The van der Waals surface area contributed by atoms with Crippen molar-refractivity contribution >= 4 is 5.91 Å². The van der Waals surface area contributed by atoms with Crippen molar-refractivity contribution in [3.8, 4) is 22.9 Å². The van der Waals surface area contributed by atoms with Crippen LogP contribution >= 0.6 is 0 Å². The van der Waals surface area contributed by atoms with Gasteiger partial charge in [0.1, 0.15) is 5.75 Å². The van der Waals surface area contributed by atoms with Crippen LogP contribution < -0.4 is 4.74 Å². The first-order valence-electron chi connectivity index (χ1n) is 8.70. The molecule has 2 aromatic carbocycles. The van der Waals surface area contributed by atoms with Crippen molar-refractivity contribution in [2.45, 2.75) is 32.2 Å². The summed E-state index contributed by atoms with van der Waals surface area (Å²) in [5.74, 6) is 0.749. The largest absolute Gasteiger partial charge is 0.484 e. The second-order valence-electron chi connectivity index (χ2n) is 6.43. The van der Waals surface area contributed by atoms with Crippen molar-refractivity contribution < 1.29 is 9.53 Å². The van der Waals surface area contributed by atoms with E-state index in [9.17, 15) is 4.79 Å². The Hall–Kier alpha value is -2.80. The maximum atomic E-state index is 12.3. The Morgan fingerprint density at radius 3 is 2.36 bits per heavy atom. The van der Waals surface area contributed by atoms with Gasteiger partial charge in [-0.3, -0.25) is 4.79 Å². The minimum Gasteiger partial charge on any atom is -0.484 e. The number of nitriles is 1. The smallest absolute Gasteiger partial charge is 0.260 e. The van der Waals surface area contributed by atoms with E-state index in [0.29, 0.717) is 17.4 Å². The average Bonchev–Trinajstić information content (AvgIpc) is 2.67. The summed E-state index contributed by atoms with van der Waals surface area (Å²) in [6.45, 7) is 3.02. The molecule has 0 aliphatic carbocycles. The zero-order valence-electron chi connectivity index (χ0n) is 14.4. The van der Waals surface area contributed by atoms with Crippen LogP contribution in [0, 0.1) is 11.3 Å². The van der Waals surface area contributed by atoms with E-state index in [4.69, 9.17) is 10.00 Å². The molecular formula is C21H22N2O2. The van der Waals surface area contributed by atoms with E-state index < -0.39 is 0 Å². The fraction of sp³-hybridized carbons (Fsp3) is 0.333. The van der Waals surface area contributed by atoms with Gasteiger partial charge in [-0.1, -0.05) is 24.3 Å². The molecule has 4 heteroatoms. The summed E-state index contributed by atoms with van der Waals surface area (Å²) in [4.78, 5) is 14.2. The van der Waals surface area contributed by atoms with Gasteiger partial charge in [0, 0.05) is 12.6 Å². The van der Waals surface area contributed by atoms with Crippen LogP contribution in [-0.2, 0) is 4.79 Å². The molecule has 0 bridgehead atoms. The molecule has 0 spiro atoms. The topological polar surface area (TPSA) is 53.3 Å². The summed E-state index contributed by atoms with van der Waals surface area (Å²) >= 11 is 0. The molecule has 1 saturated heterocycles. The molecule has 4 nitrogen and oxygen atoms in total. The highest BCUT2D eigenvalue weighted by molar-refractivity contribution is 5.78. The number of likely N-dealkylation sites (tertiary alicyclic amines) is 1. The van der Waals surface area contributed by atoms with Gasteiger partial charge in [-0.2, -0.15) is 5.26 Å². The van der Waals surface area contributed by atoms with Crippen molar-refractivity contribution in [3.05, 3.63) is 54.1 Å². The molecule has 1 heterocycles. The highest BCUT2D eigenvalue weighted by Crippen LogP contribution is 2.23. The van der Waals surface area contributed by atoms with Gasteiger partial charge in [-0.05, 0) is 61.6 Å². The van der Waals surface area contributed by atoms with Crippen LogP contribution in [0.2, 0.25) is 0 Å². The molecule has 1 aliphatic heterocycles. The normalized spacial score (nSPS) is 17.0. The number of hydrogen-bond donors (Lipinski definition) is 0. The fourth-order valence-corrected chi connectivity index (χ4v) is 3.18. The summed E-state index contributed by atoms with van der Waals surface area (Å²) < 4.78 is 5.66. The number of amides is 1. The number of piperidine rings is 1. The van der Waals surface area contributed by atoms with E-state index in [0.717, 1.165) is 30.5 Å². The van der Waals surface area contributed by atoms with Crippen LogP contribution in [0.1, 0.15) is 31.7 Å². The van der Waals surface area contributed by atoms with Gasteiger partial charge in [0.25, 0.3) is 5.91 Å². The quantitative estimate of drug-likeness (QED) is 0.849. The van der Waals surface area contributed by atoms with Crippen molar-refractivity contribution in [1.29, 1.82) is 5.26 Å². The number of carbonyl (C=O) groups excluding carboxylic acids is 1. The third-order valence-electron chi connectivity index (χ3n) is 4.69. The highest BCUT2D eigenvalue weighted by Gasteiger charge is 2.23. The SMILES string of the molecule is C[C@H]1CCCCN1C(=O)COc1ccc(-c2ccc(C#N)cc2)cc1. The minimum atomic E-state index is 0.0587. The van der Waals surface area contributed by atoms with Crippen molar-refractivity contribution in [2.24, 2.45) is 0 Å². The summed E-state index contributed by atoms with van der Waals surface area (Å²) in [7, 11) is 0. The molecule has 128 valence electrons. The van der Waals surface area contributed by atoms with Crippen molar-refractivity contribution in [1.82, 2.24) is 4.90 Å². The second kappa shape index (κ2) is 7.85. The van der Waals surface area contributed by atoms with E-state index >= 15 is 0 Å². The minimum absolute atomic E-state index is 0.0587. The van der Waals surface area contributed by atoms with Crippen LogP contribution in [0.3, 0.4) is 0 Å². The van der Waals surface area contributed by atoms with Gasteiger partial charge in [-0.25, -0.2) is 0 Å². The first-order chi connectivity index (χ1) is 12.2. The van der Waals surface area contributed by atoms with Gasteiger partial charge in [0.2, 0.25) is 0 Å². The summed E-state index contributed by atoms with van der Waals surface area (Å²) in [6, 6.07) is 17.6. The summed E-state index contributed by atoms with van der Waals surface area (Å²) in [5, 5.41) is 8.85. The van der Waals surface area contributed by atoms with E-state index in [-0.39, 0.29) is 12.5 Å². The van der Waals surface area contributed by atoms with Gasteiger partial charge in [0.15, 0.2) is 6.61 Å². The molecule has 1 atom stereocenters. The number of carbonyl (C=O) groups is 1. The average molecular weight is 334 g/mol. The van der Waals surface area contributed by atoms with Crippen molar-refractivity contribution in [2.75, 3.05) is 13.2 Å². The van der Waals surface area contributed by atoms with E-state index in [1.54, 1.807) is 12.1 Å². The third kappa shape index (κ3) is 4.19. The monoisotopic (exact) mass is 334 g/mol. The molecule has 25 heavy (non-hydrogen) atoms. The predicted molar refractivity (Wildman–Crippen MR) is 97.1 cm³/mol. The molecule has 0 aromatic heterocycles. The maximum Gasteiger partial charge on any atom is 0.260 e. The van der Waals surface area contributed by atoms with Crippen LogP contribution in [-0.4, -0.2) is 30.0 Å². The van der Waals surface area contributed by atoms with E-state index in [2.05, 4.69) is 13.0 Å². The molecule has 3 rings (SSSR count). The number of hydrogen-bond acceptors (Lipinski definition) is 3. The Morgan fingerprint density at radius 2 is 1.76 bits per heavy atom. The molecule has 0 unspecified atom stereocenters. The van der Waals surface area contributed by atoms with Crippen molar-refractivity contribution in [3.63, 3.8) is 0 Å². The van der Waals surface area contributed by atoms with Gasteiger partial charge >= 0.3 is 0 Å². The first kappa shape index (κ1) is 17.0. The Kier molecular flexibility index (Phi) is 5.35. The van der Waals surface area contributed by atoms with Gasteiger partial charge in [-0.15, -0.1) is 0 Å². The maximum absolute atomic E-state index is 12.3. The molecular weight excluding hydrogens is 312 g/mol. The van der Waals surface area contributed by atoms with Crippen LogP contribution in [0.15, 0.2) is 48.5 Å². The molecule has 0 radical (unpaired) electrons. The number of rotatable bonds is 4. The molecule has 1 amide bonds. The Bertz CT molecular complexity index is 760. The first-order valence-corrected chi connectivity index (χ1v) is 8.70. The number of ether oxygens (including phenoxy) is 1. The lowest BCUT2D eigenvalue weighted by molar-refractivity contribution is -0.136. The van der Waals surface area contributed by atoms with Gasteiger partial charge < -0.3 is 9.64 Å². The number of benzene rings is 2. The lowest BCUT2D eigenvalue weighted by atomic mass is 10.0. The van der Waals surface area contributed by atoms with Crippen LogP contribution in [0.5, 0.6) is 5.75 Å². The summed E-state index contributed by atoms with van der Waals surface area (Å²) in [6.07, 6.45) is 3.35. The Morgan fingerprint density at radius 1 is 1.12 bits per heavy atom. The lowest BCUT2D eigenvalue weighted by Gasteiger charge is -2.33. The van der Waals surface area contributed by atoms with E-state index in [1.165, 1.54) is 6.42 Å². The van der Waals surface area contributed by atoms with E-state index in [1.807, 2.05) is 41.3 Å². The second-order valence-corrected chi connectivity index (χ2v) is 6.43. The highest BCUT2D eigenvalue weighted by atomic mass is 16.5. The standard InChI is InChI=1S/C21H22N2O2/c1-16-4-2-3-13-23(16)21(24)15-25-20-11-9-19(10-12-20)18-7-5-17(14-22)6-8-18/h5-12,16H,2-4,13,15H2,1H3/t16-/m0/s1. The molecule has 1 aliphatic rings. The molecule has 1 fully saturated rings. The molecule has 2 aromatic rings. The Labute approximate surface area is 148 Å². The van der Waals surface area contributed by atoms with Crippen LogP contribution in [0.25, 0.3) is 11.1 Å². The predicted octanol–water partition coefficient (Wildman–Crippen LogP) is 4.01. The summed E-state index contributed by atoms with van der Waals surface area (Å²) in [5.41, 5.74) is 2.74. The van der Waals surface area contributed by atoms with Gasteiger partial charge in [0.05, 0.1) is 11.6 Å². The lowest BCUT2D eigenvalue weighted by Crippen LogP contribution is -2.44. The molecule has 0 saturated carbocycles. The third-order valence-corrected chi connectivity index (χ3v) is 4.69. The zero-order chi connectivity index (χ0) is 17.6. The number of nitrogens with zero attached hydrogens (tertiary/aromatic N) is 2. The Balaban J connectivity index is 1.59. The molecule has 0 N–H and O–H groups in total. The van der Waals surface area contributed by atoms with Crippen LogP contribution in [0.4, 0.5) is 0 Å².